The molecule has 0 saturated carbocycles. The first-order valence-corrected chi connectivity index (χ1v) is 5.29. The number of esters is 1. The van der Waals surface area contributed by atoms with Gasteiger partial charge in [-0.3, -0.25) is 0 Å². The van der Waals surface area contributed by atoms with E-state index in [1.807, 2.05) is 6.07 Å². The number of carbonyl (C=O) groups excluding carboxylic acids is 1. The number of fused-ring (bicyclic) bond motifs is 1. The van der Waals surface area contributed by atoms with E-state index in [2.05, 4.69) is 16.6 Å². The molecule has 0 unspecified atom stereocenters. The Hall–Kier alpha value is -1.09. The van der Waals surface area contributed by atoms with Gasteiger partial charge >= 0.3 is 5.97 Å². The number of rotatable bonds is 1. The second kappa shape index (κ2) is 3.81. The van der Waals surface area contributed by atoms with E-state index in [1.165, 1.54) is 7.11 Å². The van der Waals surface area contributed by atoms with Gasteiger partial charge in [0.25, 0.3) is 0 Å². The quantitative estimate of drug-likeness (QED) is 0.545. The molecule has 2 rings (SSSR count). The minimum Gasteiger partial charge on any atom is -0.465 e. The van der Waals surface area contributed by atoms with E-state index in [9.17, 15) is 4.79 Å². The summed E-state index contributed by atoms with van der Waals surface area (Å²) < 4.78 is 4.65. The van der Waals surface area contributed by atoms with Crippen LogP contribution in [0.25, 0.3) is 0 Å². The molecule has 0 radical (unpaired) electrons. The number of aryl methyl sites for hydroxylation is 1. The fourth-order valence-electron chi connectivity index (χ4n) is 1.93. The maximum absolute atomic E-state index is 11.4. The molecule has 15 heavy (non-hydrogen) atoms. The lowest BCUT2D eigenvalue weighted by Gasteiger charge is -2.07. The predicted octanol–water partition coefficient (Wildman–Crippen LogP) is 2.57. The second-order valence-electron chi connectivity index (χ2n) is 3.79. The monoisotopic (exact) mass is 225 g/mol. The number of hydrogen-bond acceptors (Lipinski definition) is 3. The lowest BCUT2D eigenvalue weighted by atomic mass is 10.0. The van der Waals surface area contributed by atoms with Crippen molar-refractivity contribution < 1.29 is 9.53 Å². The average Bonchev–Trinajstić information content (AvgIpc) is 2.58. The molecule has 0 saturated heterocycles. The van der Waals surface area contributed by atoms with Crippen LogP contribution in [0, 0.1) is 0 Å². The summed E-state index contributed by atoms with van der Waals surface area (Å²) in [6.45, 7) is 2.13. The van der Waals surface area contributed by atoms with Gasteiger partial charge in [0.1, 0.15) is 5.15 Å². The highest BCUT2D eigenvalue weighted by molar-refractivity contribution is 6.32. The summed E-state index contributed by atoms with van der Waals surface area (Å²) in [5.41, 5.74) is 2.51. The fourth-order valence-corrected chi connectivity index (χ4v) is 2.16. The molecule has 1 heterocycles. The van der Waals surface area contributed by atoms with Gasteiger partial charge in [-0.1, -0.05) is 18.5 Å². The van der Waals surface area contributed by atoms with Crippen LogP contribution in [0.5, 0.6) is 0 Å². The Morgan fingerprint density at radius 2 is 2.40 bits per heavy atom. The number of nitrogens with zero attached hydrogens (tertiary/aromatic N) is 1. The van der Waals surface area contributed by atoms with Crippen molar-refractivity contribution in [3.63, 3.8) is 0 Å². The van der Waals surface area contributed by atoms with Gasteiger partial charge in [0, 0.05) is 5.69 Å². The highest BCUT2D eigenvalue weighted by atomic mass is 35.5. The fraction of sp³-hybridized carbons (Fsp3) is 0.455. The Morgan fingerprint density at radius 1 is 1.67 bits per heavy atom. The Morgan fingerprint density at radius 3 is 3.07 bits per heavy atom. The third-order valence-corrected chi connectivity index (χ3v) is 3.13. The van der Waals surface area contributed by atoms with Crippen LogP contribution < -0.4 is 0 Å². The predicted molar refractivity (Wildman–Crippen MR) is 57.3 cm³/mol. The first-order chi connectivity index (χ1) is 7.13. The number of halogens is 1. The van der Waals surface area contributed by atoms with E-state index >= 15 is 0 Å². The average molecular weight is 226 g/mol. The van der Waals surface area contributed by atoms with Crippen LogP contribution in [0.1, 0.15) is 40.9 Å². The SMILES string of the molecule is COC(=O)c1cc2c(nc1Cl)CC[C@@H]2C. The maximum Gasteiger partial charge on any atom is 0.341 e. The molecule has 0 bridgehead atoms. The zero-order valence-electron chi connectivity index (χ0n) is 8.71. The van der Waals surface area contributed by atoms with Crippen LogP contribution in [-0.2, 0) is 11.2 Å². The molecule has 80 valence electrons. The van der Waals surface area contributed by atoms with Crippen LogP contribution in [0.4, 0.5) is 0 Å². The summed E-state index contributed by atoms with van der Waals surface area (Å²) in [5, 5.41) is 0.245. The summed E-state index contributed by atoms with van der Waals surface area (Å²) in [6, 6.07) is 1.81. The van der Waals surface area contributed by atoms with Crippen molar-refractivity contribution >= 4 is 17.6 Å². The third-order valence-electron chi connectivity index (χ3n) is 2.84. The Balaban J connectivity index is 2.50. The van der Waals surface area contributed by atoms with Crippen molar-refractivity contribution in [2.75, 3.05) is 7.11 Å². The van der Waals surface area contributed by atoms with Crippen molar-refractivity contribution in [1.29, 1.82) is 0 Å². The van der Waals surface area contributed by atoms with Gasteiger partial charge in [-0.15, -0.1) is 0 Å². The van der Waals surface area contributed by atoms with Crippen molar-refractivity contribution in [2.24, 2.45) is 0 Å². The third kappa shape index (κ3) is 1.72. The zero-order valence-corrected chi connectivity index (χ0v) is 9.47. The molecule has 1 atom stereocenters. The van der Waals surface area contributed by atoms with Gasteiger partial charge < -0.3 is 4.74 Å². The Kier molecular flexibility index (Phi) is 2.65. The van der Waals surface area contributed by atoms with E-state index in [4.69, 9.17) is 11.6 Å². The highest BCUT2D eigenvalue weighted by Gasteiger charge is 2.24. The van der Waals surface area contributed by atoms with Crippen molar-refractivity contribution in [3.8, 4) is 0 Å². The smallest absolute Gasteiger partial charge is 0.341 e. The molecule has 0 aliphatic heterocycles. The number of pyridine rings is 1. The van der Waals surface area contributed by atoms with E-state index in [1.54, 1.807) is 0 Å². The van der Waals surface area contributed by atoms with E-state index < -0.39 is 5.97 Å². The zero-order chi connectivity index (χ0) is 11.0. The minimum atomic E-state index is -0.422. The number of aromatic nitrogens is 1. The number of hydrogen-bond donors (Lipinski definition) is 0. The first kappa shape index (κ1) is 10.4. The number of ether oxygens (including phenoxy) is 1. The van der Waals surface area contributed by atoms with Crippen LogP contribution in [0.3, 0.4) is 0 Å². The second-order valence-corrected chi connectivity index (χ2v) is 4.15. The Labute approximate surface area is 93.4 Å². The van der Waals surface area contributed by atoms with E-state index in [0.717, 1.165) is 24.1 Å². The first-order valence-electron chi connectivity index (χ1n) is 4.91. The number of methoxy groups -OCH3 is 1. The number of carbonyl (C=O) groups is 1. The molecular formula is C11H12ClNO2. The summed E-state index contributed by atoms with van der Waals surface area (Å²) >= 11 is 5.92. The standard InChI is InChI=1S/C11H12ClNO2/c1-6-3-4-9-7(6)5-8(10(12)13-9)11(14)15-2/h5-6H,3-4H2,1-2H3/t6-/m0/s1. The molecule has 4 heteroatoms. The largest absolute Gasteiger partial charge is 0.465 e. The maximum atomic E-state index is 11.4. The molecule has 0 spiro atoms. The molecule has 3 nitrogen and oxygen atoms in total. The summed E-state index contributed by atoms with van der Waals surface area (Å²) in [6.07, 6.45) is 2.01. The van der Waals surface area contributed by atoms with Gasteiger partial charge in [0.05, 0.1) is 12.7 Å². The minimum absolute atomic E-state index is 0.245. The van der Waals surface area contributed by atoms with E-state index in [0.29, 0.717) is 11.5 Å². The molecule has 1 aliphatic carbocycles. The van der Waals surface area contributed by atoms with Crippen molar-refractivity contribution in [1.82, 2.24) is 4.98 Å². The summed E-state index contributed by atoms with van der Waals surface area (Å²) in [5.74, 6) is 0.0302. The lowest BCUT2D eigenvalue weighted by molar-refractivity contribution is 0.0600. The van der Waals surface area contributed by atoms with Crippen LogP contribution in [0.2, 0.25) is 5.15 Å². The molecule has 1 aromatic rings. The van der Waals surface area contributed by atoms with Gasteiger partial charge in [-0.05, 0) is 30.4 Å². The van der Waals surface area contributed by atoms with Crippen LogP contribution in [0.15, 0.2) is 6.07 Å². The lowest BCUT2D eigenvalue weighted by Crippen LogP contribution is -2.05. The molecule has 0 fully saturated rings. The van der Waals surface area contributed by atoms with Crippen LogP contribution in [-0.4, -0.2) is 18.1 Å². The molecule has 0 aromatic carbocycles. The van der Waals surface area contributed by atoms with E-state index in [-0.39, 0.29) is 5.15 Å². The Bertz CT molecular complexity index is 417. The van der Waals surface area contributed by atoms with Crippen LogP contribution >= 0.6 is 11.6 Å². The molecule has 0 amide bonds. The van der Waals surface area contributed by atoms with Gasteiger partial charge in [0.2, 0.25) is 0 Å². The molecular weight excluding hydrogens is 214 g/mol. The van der Waals surface area contributed by atoms with Crippen molar-refractivity contribution in [3.05, 3.63) is 28.0 Å². The molecule has 1 aliphatic rings. The topological polar surface area (TPSA) is 39.2 Å². The van der Waals surface area contributed by atoms with Gasteiger partial charge in [0.15, 0.2) is 0 Å². The molecule has 0 N–H and O–H groups in total. The summed E-state index contributed by atoms with van der Waals surface area (Å²) in [4.78, 5) is 15.6. The van der Waals surface area contributed by atoms with Gasteiger partial charge in [-0.25, -0.2) is 9.78 Å². The van der Waals surface area contributed by atoms with Crippen molar-refractivity contribution in [2.45, 2.75) is 25.7 Å². The normalized spacial score (nSPS) is 18.7. The highest BCUT2D eigenvalue weighted by Crippen LogP contribution is 2.33. The van der Waals surface area contributed by atoms with Gasteiger partial charge in [-0.2, -0.15) is 0 Å². The summed E-state index contributed by atoms with van der Waals surface area (Å²) in [7, 11) is 1.34. The molecule has 1 aromatic heterocycles.